The summed E-state index contributed by atoms with van der Waals surface area (Å²) in [6, 6.07) is -0.220. The monoisotopic (exact) mass is 390 g/mol. The van der Waals surface area contributed by atoms with Crippen LogP contribution in [0.5, 0.6) is 0 Å². The molecule has 1 N–H and O–H groups in total. The number of likely N-dealkylation sites (tertiary alicyclic amines) is 1. The van der Waals surface area contributed by atoms with E-state index in [0.717, 1.165) is 39.3 Å². The standard InChI is InChI=1S/C17H34N4O4S/c1-15(2)13-18-17(22)20-8-5-16(14-20)21(26(3,23)24)7-4-6-19-9-11-25-12-10-19/h15-16H,4-14H2,1-3H3,(H,18,22). The quantitative estimate of drug-likeness (QED) is 0.649. The van der Waals surface area contributed by atoms with Crippen molar-refractivity contribution in [3.8, 4) is 0 Å². The third-order valence-corrected chi connectivity index (χ3v) is 6.23. The lowest BCUT2D eigenvalue weighted by atomic mass is 10.2. The van der Waals surface area contributed by atoms with Gasteiger partial charge >= 0.3 is 6.03 Å². The number of rotatable bonds is 8. The number of hydrogen-bond donors (Lipinski definition) is 1. The van der Waals surface area contributed by atoms with Crippen LogP contribution in [0.4, 0.5) is 4.79 Å². The Morgan fingerprint density at radius 1 is 1.27 bits per heavy atom. The Bertz CT molecular complexity index is 549. The first-order chi connectivity index (χ1) is 12.3. The summed E-state index contributed by atoms with van der Waals surface area (Å²) in [5.41, 5.74) is 0. The molecule has 0 aromatic rings. The molecule has 2 aliphatic heterocycles. The number of ether oxygens (including phenoxy) is 1. The Kier molecular flexibility index (Phi) is 8.12. The van der Waals surface area contributed by atoms with Crippen molar-refractivity contribution in [2.24, 2.45) is 5.92 Å². The summed E-state index contributed by atoms with van der Waals surface area (Å²) in [6.45, 7) is 10.5. The number of urea groups is 1. The summed E-state index contributed by atoms with van der Waals surface area (Å²) in [7, 11) is -3.29. The number of nitrogens with one attached hydrogen (secondary N) is 1. The predicted octanol–water partition coefficient (Wildman–Crippen LogP) is 0.410. The average Bonchev–Trinajstić information content (AvgIpc) is 3.06. The van der Waals surface area contributed by atoms with Crippen LogP contribution in [0.25, 0.3) is 0 Å². The predicted molar refractivity (Wildman–Crippen MR) is 102 cm³/mol. The second-order valence-electron chi connectivity index (χ2n) is 7.65. The zero-order chi connectivity index (χ0) is 19.2. The van der Waals surface area contributed by atoms with Crippen molar-refractivity contribution in [1.29, 1.82) is 0 Å². The lowest BCUT2D eigenvalue weighted by Gasteiger charge is -2.30. The maximum Gasteiger partial charge on any atom is 0.317 e. The molecule has 2 aliphatic rings. The van der Waals surface area contributed by atoms with E-state index >= 15 is 0 Å². The fourth-order valence-corrected chi connectivity index (χ4v) is 4.63. The number of carbonyl (C=O) groups is 1. The Hall–Kier alpha value is -0.900. The van der Waals surface area contributed by atoms with Crippen molar-refractivity contribution < 1.29 is 17.9 Å². The van der Waals surface area contributed by atoms with E-state index in [9.17, 15) is 13.2 Å². The Morgan fingerprint density at radius 2 is 1.96 bits per heavy atom. The van der Waals surface area contributed by atoms with Crippen LogP contribution in [0.3, 0.4) is 0 Å². The molecular formula is C17H34N4O4S. The third-order valence-electron chi connectivity index (χ3n) is 4.90. The summed E-state index contributed by atoms with van der Waals surface area (Å²) < 4.78 is 31.5. The van der Waals surface area contributed by atoms with Crippen LogP contribution in [-0.4, -0.2) is 99.9 Å². The van der Waals surface area contributed by atoms with Crippen molar-refractivity contribution in [3.63, 3.8) is 0 Å². The van der Waals surface area contributed by atoms with Gasteiger partial charge < -0.3 is 15.0 Å². The van der Waals surface area contributed by atoms with Gasteiger partial charge in [0.2, 0.25) is 10.0 Å². The van der Waals surface area contributed by atoms with Crippen LogP contribution in [0.2, 0.25) is 0 Å². The Labute approximate surface area is 157 Å². The molecule has 0 aliphatic carbocycles. The topological polar surface area (TPSA) is 82.2 Å². The van der Waals surface area contributed by atoms with Gasteiger partial charge in [-0.1, -0.05) is 13.8 Å². The summed E-state index contributed by atoms with van der Waals surface area (Å²) in [5.74, 6) is 0.394. The van der Waals surface area contributed by atoms with Gasteiger partial charge in [-0.3, -0.25) is 4.90 Å². The largest absolute Gasteiger partial charge is 0.379 e. The maximum atomic E-state index is 12.3. The molecule has 0 saturated carbocycles. The van der Waals surface area contributed by atoms with E-state index in [1.807, 2.05) is 13.8 Å². The highest BCUT2D eigenvalue weighted by Gasteiger charge is 2.34. The van der Waals surface area contributed by atoms with E-state index < -0.39 is 10.0 Å². The van der Waals surface area contributed by atoms with E-state index in [4.69, 9.17) is 4.74 Å². The molecule has 2 heterocycles. The smallest absolute Gasteiger partial charge is 0.317 e. The van der Waals surface area contributed by atoms with E-state index in [0.29, 0.717) is 38.5 Å². The molecule has 8 nitrogen and oxygen atoms in total. The van der Waals surface area contributed by atoms with Gasteiger partial charge in [-0.25, -0.2) is 13.2 Å². The average molecular weight is 391 g/mol. The minimum atomic E-state index is -3.29. The molecule has 152 valence electrons. The van der Waals surface area contributed by atoms with Crippen LogP contribution in [0.15, 0.2) is 0 Å². The van der Waals surface area contributed by atoms with Gasteiger partial charge in [0.1, 0.15) is 0 Å². The van der Waals surface area contributed by atoms with E-state index in [1.165, 1.54) is 6.26 Å². The highest BCUT2D eigenvalue weighted by Crippen LogP contribution is 2.19. The molecule has 0 aromatic carbocycles. The fraction of sp³-hybridized carbons (Fsp3) is 0.941. The van der Waals surface area contributed by atoms with Gasteiger partial charge in [0, 0.05) is 45.3 Å². The summed E-state index contributed by atoms with van der Waals surface area (Å²) >= 11 is 0. The summed E-state index contributed by atoms with van der Waals surface area (Å²) in [6.07, 6.45) is 2.76. The highest BCUT2D eigenvalue weighted by atomic mass is 32.2. The van der Waals surface area contributed by atoms with Crippen molar-refractivity contribution in [3.05, 3.63) is 0 Å². The summed E-state index contributed by atoms with van der Waals surface area (Å²) in [4.78, 5) is 16.3. The van der Waals surface area contributed by atoms with Gasteiger partial charge in [0.25, 0.3) is 0 Å². The molecule has 26 heavy (non-hydrogen) atoms. The van der Waals surface area contributed by atoms with Crippen LogP contribution in [0, 0.1) is 5.92 Å². The molecule has 0 radical (unpaired) electrons. The lowest BCUT2D eigenvalue weighted by Crippen LogP contribution is -2.45. The minimum Gasteiger partial charge on any atom is -0.379 e. The molecule has 2 amide bonds. The maximum absolute atomic E-state index is 12.3. The van der Waals surface area contributed by atoms with Crippen LogP contribution < -0.4 is 5.32 Å². The van der Waals surface area contributed by atoms with E-state index in [-0.39, 0.29) is 12.1 Å². The molecular weight excluding hydrogens is 356 g/mol. The van der Waals surface area contributed by atoms with Crippen LogP contribution >= 0.6 is 0 Å². The molecule has 1 atom stereocenters. The Morgan fingerprint density at radius 3 is 2.58 bits per heavy atom. The molecule has 9 heteroatoms. The van der Waals surface area contributed by atoms with E-state index in [2.05, 4.69) is 10.2 Å². The first-order valence-corrected chi connectivity index (χ1v) is 11.4. The van der Waals surface area contributed by atoms with Crippen LogP contribution in [-0.2, 0) is 14.8 Å². The van der Waals surface area contributed by atoms with Gasteiger partial charge in [-0.05, 0) is 25.3 Å². The van der Waals surface area contributed by atoms with E-state index in [1.54, 1.807) is 9.21 Å². The highest BCUT2D eigenvalue weighted by molar-refractivity contribution is 7.88. The number of carbonyl (C=O) groups excluding carboxylic acids is 1. The second-order valence-corrected chi connectivity index (χ2v) is 9.58. The third kappa shape index (κ3) is 6.68. The number of nitrogens with zero attached hydrogens (tertiary/aromatic N) is 3. The van der Waals surface area contributed by atoms with Crippen LogP contribution in [0.1, 0.15) is 26.7 Å². The van der Waals surface area contributed by atoms with Crippen molar-refractivity contribution in [2.75, 3.05) is 65.3 Å². The molecule has 0 spiro atoms. The minimum absolute atomic E-state index is 0.0945. The Balaban J connectivity index is 1.84. The van der Waals surface area contributed by atoms with Gasteiger partial charge in [-0.15, -0.1) is 0 Å². The number of hydrogen-bond acceptors (Lipinski definition) is 5. The normalized spacial score (nSPS) is 22.3. The molecule has 1 unspecified atom stereocenters. The van der Waals surface area contributed by atoms with Crippen molar-refractivity contribution in [2.45, 2.75) is 32.7 Å². The second kappa shape index (κ2) is 9.87. The first-order valence-electron chi connectivity index (χ1n) is 9.57. The molecule has 0 aromatic heterocycles. The van der Waals surface area contributed by atoms with Gasteiger partial charge in [0.15, 0.2) is 0 Å². The molecule has 2 rings (SSSR count). The van der Waals surface area contributed by atoms with Gasteiger partial charge in [0.05, 0.1) is 19.5 Å². The number of amides is 2. The lowest BCUT2D eigenvalue weighted by molar-refractivity contribution is 0.0366. The number of sulfonamides is 1. The first kappa shape index (κ1) is 21.4. The SMILES string of the molecule is CC(C)CNC(=O)N1CCC(N(CCCN2CCOCC2)S(C)(=O)=O)C1. The molecule has 2 fully saturated rings. The number of morpholine rings is 1. The molecule has 0 bridgehead atoms. The van der Waals surface area contributed by atoms with Crippen molar-refractivity contribution >= 4 is 16.1 Å². The zero-order valence-electron chi connectivity index (χ0n) is 16.3. The summed E-state index contributed by atoms with van der Waals surface area (Å²) in [5, 5.41) is 2.91. The molecule has 2 saturated heterocycles. The van der Waals surface area contributed by atoms with Crippen molar-refractivity contribution in [1.82, 2.24) is 19.4 Å². The zero-order valence-corrected chi connectivity index (χ0v) is 17.1. The fourth-order valence-electron chi connectivity index (χ4n) is 3.46. The van der Waals surface area contributed by atoms with Gasteiger partial charge in [-0.2, -0.15) is 4.31 Å².